The van der Waals surface area contributed by atoms with Crippen LogP contribution in [-0.2, 0) is 14.8 Å². The maximum atomic E-state index is 12.3. The van der Waals surface area contributed by atoms with Gasteiger partial charge < -0.3 is 14.8 Å². The van der Waals surface area contributed by atoms with Gasteiger partial charge in [0.05, 0.1) is 25.1 Å². The molecule has 0 saturated carbocycles. The van der Waals surface area contributed by atoms with Crippen molar-refractivity contribution in [1.82, 2.24) is 5.32 Å². The van der Waals surface area contributed by atoms with E-state index in [9.17, 15) is 13.2 Å². The van der Waals surface area contributed by atoms with Gasteiger partial charge in [-0.25, -0.2) is 8.42 Å². The molecule has 0 aliphatic heterocycles. The minimum Gasteiger partial charge on any atom is -0.494 e. The topological polar surface area (TPSA) is 84.9 Å². The van der Waals surface area contributed by atoms with E-state index in [1.165, 1.54) is 0 Å². The van der Waals surface area contributed by atoms with Gasteiger partial charge in [-0.15, -0.1) is 0 Å². The first-order chi connectivity index (χ1) is 14.2. The molecule has 30 heavy (non-hydrogen) atoms. The van der Waals surface area contributed by atoms with Crippen LogP contribution in [-0.4, -0.2) is 46.9 Å². The summed E-state index contributed by atoms with van der Waals surface area (Å²) in [6, 6.07) is 12.4. The number of rotatable bonds is 11. The minimum atomic E-state index is -3.63. The lowest BCUT2D eigenvalue weighted by Crippen LogP contribution is -2.41. The van der Waals surface area contributed by atoms with Gasteiger partial charge in [-0.2, -0.15) is 0 Å². The number of benzene rings is 2. The highest BCUT2D eigenvalue weighted by Crippen LogP contribution is 2.22. The van der Waals surface area contributed by atoms with Gasteiger partial charge in [-0.1, -0.05) is 19.1 Å². The lowest BCUT2D eigenvalue weighted by molar-refractivity contribution is -0.119. The number of carbonyl (C=O) groups excluding carboxylic acids is 1. The molecule has 0 fully saturated rings. The van der Waals surface area contributed by atoms with E-state index in [-0.39, 0.29) is 13.1 Å². The Kier molecular flexibility index (Phi) is 8.53. The first-order valence-corrected chi connectivity index (χ1v) is 11.7. The van der Waals surface area contributed by atoms with Crippen molar-refractivity contribution in [2.45, 2.75) is 27.2 Å². The van der Waals surface area contributed by atoms with Crippen LogP contribution in [0.1, 0.15) is 24.5 Å². The van der Waals surface area contributed by atoms with Crippen molar-refractivity contribution in [3.05, 3.63) is 53.6 Å². The van der Waals surface area contributed by atoms with Crippen molar-refractivity contribution in [1.29, 1.82) is 0 Å². The van der Waals surface area contributed by atoms with Crippen LogP contribution in [0.5, 0.6) is 11.5 Å². The molecule has 2 rings (SSSR count). The highest BCUT2D eigenvalue weighted by molar-refractivity contribution is 7.92. The van der Waals surface area contributed by atoms with Crippen LogP contribution in [0.3, 0.4) is 0 Å². The van der Waals surface area contributed by atoms with E-state index in [0.717, 1.165) is 33.9 Å². The number of ether oxygens (including phenoxy) is 2. The Balaban J connectivity index is 1.91. The van der Waals surface area contributed by atoms with Gasteiger partial charge in [0.25, 0.3) is 0 Å². The summed E-state index contributed by atoms with van der Waals surface area (Å²) in [4.78, 5) is 12.3. The van der Waals surface area contributed by atoms with Crippen LogP contribution in [0.25, 0.3) is 0 Å². The summed E-state index contributed by atoms with van der Waals surface area (Å²) >= 11 is 0. The number of carbonyl (C=O) groups is 1. The summed E-state index contributed by atoms with van der Waals surface area (Å²) in [5.41, 5.74) is 2.59. The molecule has 0 heterocycles. The molecule has 2 aromatic rings. The molecule has 7 nitrogen and oxygen atoms in total. The number of sulfonamides is 1. The third kappa shape index (κ3) is 6.95. The van der Waals surface area contributed by atoms with Crippen molar-refractivity contribution in [3.8, 4) is 11.5 Å². The average molecular weight is 435 g/mol. The highest BCUT2D eigenvalue weighted by Gasteiger charge is 2.20. The SMILES string of the molecule is CCCOc1ccc(N(CC(=O)NCCOc2cccc(C)c2C)S(C)(=O)=O)cc1. The third-order valence-corrected chi connectivity index (χ3v) is 5.66. The molecular weight excluding hydrogens is 404 g/mol. The van der Waals surface area contributed by atoms with Crippen molar-refractivity contribution < 1.29 is 22.7 Å². The van der Waals surface area contributed by atoms with E-state index in [0.29, 0.717) is 24.7 Å². The minimum absolute atomic E-state index is 0.271. The molecule has 8 heteroatoms. The molecule has 0 radical (unpaired) electrons. The molecule has 0 aliphatic rings. The number of aryl methyl sites for hydroxylation is 1. The Morgan fingerprint density at radius 1 is 1.03 bits per heavy atom. The van der Waals surface area contributed by atoms with E-state index in [1.54, 1.807) is 24.3 Å². The van der Waals surface area contributed by atoms with Gasteiger partial charge in [0.1, 0.15) is 24.7 Å². The molecule has 164 valence electrons. The van der Waals surface area contributed by atoms with E-state index in [2.05, 4.69) is 5.32 Å². The molecule has 0 unspecified atom stereocenters. The van der Waals surface area contributed by atoms with Crippen LogP contribution in [0.4, 0.5) is 5.69 Å². The number of nitrogens with one attached hydrogen (secondary N) is 1. The van der Waals surface area contributed by atoms with Crippen molar-refractivity contribution in [3.63, 3.8) is 0 Å². The maximum Gasteiger partial charge on any atom is 0.240 e. The second-order valence-corrected chi connectivity index (χ2v) is 8.92. The highest BCUT2D eigenvalue weighted by atomic mass is 32.2. The molecule has 0 bridgehead atoms. The summed E-state index contributed by atoms with van der Waals surface area (Å²) in [6.45, 7) is 6.83. The second kappa shape index (κ2) is 10.9. The van der Waals surface area contributed by atoms with Gasteiger partial charge in [0.2, 0.25) is 15.9 Å². The predicted octanol–water partition coefficient (Wildman–Crippen LogP) is 3.05. The fourth-order valence-corrected chi connectivity index (χ4v) is 3.60. The molecular formula is C22H30N2O5S. The van der Waals surface area contributed by atoms with E-state index in [1.807, 2.05) is 39.0 Å². The maximum absolute atomic E-state index is 12.3. The lowest BCUT2D eigenvalue weighted by Gasteiger charge is -2.22. The third-order valence-electron chi connectivity index (χ3n) is 4.52. The molecule has 2 aromatic carbocycles. The summed E-state index contributed by atoms with van der Waals surface area (Å²) in [6.07, 6.45) is 1.95. The number of hydrogen-bond donors (Lipinski definition) is 1. The first-order valence-electron chi connectivity index (χ1n) is 9.88. The normalized spacial score (nSPS) is 11.1. The molecule has 0 saturated heterocycles. The number of anilines is 1. The molecule has 1 N–H and O–H groups in total. The first kappa shape index (κ1) is 23.5. The van der Waals surface area contributed by atoms with Crippen LogP contribution < -0.4 is 19.1 Å². The smallest absolute Gasteiger partial charge is 0.240 e. The van der Waals surface area contributed by atoms with Gasteiger partial charge in [0, 0.05) is 0 Å². The van der Waals surface area contributed by atoms with E-state index < -0.39 is 15.9 Å². The van der Waals surface area contributed by atoms with E-state index in [4.69, 9.17) is 9.47 Å². The van der Waals surface area contributed by atoms with E-state index >= 15 is 0 Å². The molecule has 0 spiro atoms. The second-order valence-electron chi connectivity index (χ2n) is 7.01. The number of amides is 1. The van der Waals surface area contributed by atoms with Gasteiger partial charge in [-0.3, -0.25) is 9.10 Å². The summed E-state index contributed by atoms with van der Waals surface area (Å²) in [7, 11) is -3.63. The average Bonchev–Trinajstić information content (AvgIpc) is 2.70. The standard InChI is InChI=1S/C22H30N2O5S/c1-5-14-28-20-11-9-19(10-12-20)24(30(4,26)27)16-22(25)23-13-15-29-21-8-6-7-17(2)18(21)3/h6-12H,5,13-16H2,1-4H3,(H,23,25). The largest absolute Gasteiger partial charge is 0.494 e. The Hall–Kier alpha value is -2.74. The monoisotopic (exact) mass is 434 g/mol. The zero-order chi connectivity index (χ0) is 22.1. The van der Waals surface area contributed by atoms with Crippen molar-refractivity contribution in [2.24, 2.45) is 0 Å². The zero-order valence-electron chi connectivity index (χ0n) is 18.0. The van der Waals surface area contributed by atoms with Gasteiger partial charge in [0.15, 0.2) is 0 Å². The Morgan fingerprint density at radius 3 is 2.37 bits per heavy atom. The fourth-order valence-electron chi connectivity index (χ4n) is 2.75. The van der Waals surface area contributed by atoms with Crippen LogP contribution in [0.15, 0.2) is 42.5 Å². The molecule has 0 atom stereocenters. The Bertz CT molecular complexity index is 943. The van der Waals surface area contributed by atoms with Crippen molar-refractivity contribution in [2.75, 3.05) is 36.9 Å². The molecule has 0 aliphatic carbocycles. The molecule has 0 aromatic heterocycles. The molecule has 1 amide bonds. The summed E-state index contributed by atoms with van der Waals surface area (Å²) < 4.78 is 36.7. The predicted molar refractivity (Wildman–Crippen MR) is 119 cm³/mol. The zero-order valence-corrected chi connectivity index (χ0v) is 18.8. The Labute approximate surface area is 179 Å². The Morgan fingerprint density at radius 2 is 1.73 bits per heavy atom. The quantitative estimate of drug-likeness (QED) is 0.550. The fraction of sp³-hybridized carbons (Fsp3) is 0.409. The van der Waals surface area contributed by atoms with Crippen LogP contribution in [0, 0.1) is 13.8 Å². The summed E-state index contributed by atoms with van der Waals surface area (Å²) in [5, 5.41) is 2.70. The lowest BCUT2D eigenvalue weighted by atomic mass is 10.1. The summed E-state index contributed by atoms with van der Waals surface area (Å²) in [5.74, 6) is 1.02. The number of nitrogens with zero attached hydrogens (tertiary/aromatic N) is 1. The van der Waals surface area contributed by atoms with Crippen LogP contribution in [0.2, 0.25) is 0 Å². The van der Waals surface area contributed by atoms with Crippen molar-refractivity contribution >= 4 is 21.6 Å². The van der Waals surface area contributed by atoms with Crippen LogP contribution >= 0.6 is 0 Å². The number of hydrogen-bond acceptors (Lipinski definition) is 5. The van der Waals surface area contributed by atoms with Gasteiger partial charge in [-0.05, 0) is 61.7 Å². The van der Waals surface area contributed by atoms with Gasteiger partial charge >= 0.3 is 0 Å².